The zero-order chi connectivity index (χ0) is 21.6. The zero-order valence-electron chi connectivity index (χ0n) is 17.5. The number of hydrogen-bond acceptors (Lipinski definition) is 4. The van der Waals surface area contributed by atoms with Crippen LogP contribution in [0.3, 0.4) is 0 Å². The van der Waals surface area contributed by atoms with Gasteiger partial charge in [0.2, 0.25) is 0 Å². The van der Waals surface area contributed by atoms with Crippen molar-refractivity contribution in [1.29, 1.82) is 0 Å². The fraction of sp³-hybridized carbons (Fsp3) is 0.160. The van der Waals surface area contributed by atoms with Crippen molar-refractivity contribution in [3.63, 3.8) is 0 Å². The molecule has 0 saturated carbocycles. The number of nitrogens with one attached hydrogen (secondary N) is 1. The fourth-order valence-corrected chi connectivity index (χ4v) is 3.19. The molecule has 4 aromatic rings. The largest absolute Gasteiger partial charge is 0.489 e. The molecule has 2 aromatic carbocycles. The average Bonchev–Trinajstić information content (AvgIpc) is 3.25. The van der Waals surface area contributed by atoms with Gasteiger partial charge in [-0.25, -0.2) is 4.68 Å². The van der Waals surface area contributed by atoms with E-state index in [4.69, 9.17) is 4.74 Å². The van der Waals surface area contributed by atoms with E-state index in [-0.39, 0.29) is 11.9 Å². The SMILES string of the molecule is Cc1cnn(-c2ccc(C(=O)NC(C)c3ccc(OCc4cccnc4)cc3)cc2)c1. The Morgan fingerprint density at radius 1 is 1.06 bits per heavy atom. The molecule has 0 saturated heterocycles. The number of carbonyl (C=O) groups excluding carboxylic acids is 1. The number of nitrogens with zero attached hydrogens (tertiary/aromatic N) is 3. The van der Waals surface area contributed by atoms with Crippen LogP contribution in [0.1, 0.15) is 40.0 Å². The Kier molecular flexibility index (Phi) is 6.08. The lowest BCUT2D eigenvalue weighted by molar-refractivity contribution is 0.0940. The lowest BCUT2D eigenvalue weighted by Crippen LogP contribution is -2.26. The van der Waals surface area contributed by atoms with Gasteiger partial charge in [-0.1, -0.05) is 18.2 Å². The number of pyridine rings is 1. The van der Waals surface area contributed by atoms with Gasteiger partial charge in [0.1, 0.15) is 12.4 Å². The molecule has 0 fully saturated rings. The normalized spacial score (nSPS) is 11.7. The van der Waals surface area contributed by atoms with Crippen LogP contribution in [0.4, 0.5) is 0 Å². The summed E-state index contributed by atoms with van der Waals surface area (Å²) in [5.41, 5.74) is 4.63. The average molecular weight is 412 g/mol. The van der Waals surface area contributed by atoms with Gasteiger partial charge in [0.25, 0.3) is 5.91 Å². The van der Waals surface area contributed by atoms with Crippen molar-refractivity contribution in [3.05, 3.63) is 108 Å². The van der Waals surface area contributed by atoms with Gasteiger partial charge in [-0.15, -0.1) is 0 Å². The molecule has 1 amide bonds. The molecule has 2 heterocycles. The van der Waals surface area contributed by atoms with Crippen molar-refractivity contribution in [2.75, 3.05) is 0 Å². The van der Waals surface area contributed by atoms with E-state index in [1.54, 1.807) is 23.3 Å². The molecule has 0 aliphatic carbocycles. The van der Waals surface area contributed by atoms with Crippen LogP contribution in [0, 0.1) is 6.92 Å². The quantitative estimate of drug-likeness (QED) is 0.480. The molecule has 1 N–H and O–H groups in total. The zero-order valence-corrected chi connectivity index (χ0v) is 17.5. The number of rotatable bonds is 7. The molecular weight excluding hydrogens is 388 g/mol. The third kappa shape index (κ3) is 5.17. The van der Waals surface area contributed by atoms with E-state index in [9.17, 15) is 4.79 Å². The first-order valence-electron chi connectivity index (χ1n) is 10.1. The first kappa shape index (κ1) is 20.3. The van der Waals surface area contributed by atoms with E-state index in [2.05, 4.69) is 15.4 Å². The summed E-state index contributed by atoms with van der Waals surface area (Å²) < 4.78 is 7.58. The summed E-state index contributed by atoms with van der Waals surface area (Å²) >= 11 is 0. The minimum absolute atomic E-state index is 0.118. The number of carbonyl (C=O) groups is 1. The van der Waals surface area contributed by atoms with Gasteiger partial charge < -0.3 is 10.1 Å². The summed E-state index contributed by atoms with van der Waals surface area (Å²) in [6.07, 6.45) is 7.27. The Balaban J connectivity index is 1.34. The van der Waals surface area contributed by atoms with Crippen molar-refractivity contribution >= 4 is 5.91 Å². The number of amides is 1. The van der Waals surface area contributed by atoms with E-state index in [1.807, 2.05) is 80.7 Å². The van der Waals surface area contributed by atoms with Crippen molar-refractivity contribution in [2.24, 2.45) is 0 Å². The van der Waals surface area contributed by atoms with Gasteiger partial charge in [0, 0.05) is 29.7 Å². The second kappa shape index (κ2) is 9.26. The Morgan fingerprint density at radius 2 is 1.84 bits per heavy atom. The van der Waals surface area contributed by atoms with Crippen LogP contribution in [-0.2, 0) is 6.61 Å². The number of aryl methyl sites for hydroxylation is 1. The van der Waals surface area contributed by atoms with Gasteiger partial charge in [-0.05, 0) is 67.4 Å². The molecule has 6 nitrogen and oxygen atoms in total. The van der Waals surface area contributed by atoms with Crippen molar-refractivity contribution in [3.8, 4) is 11.4 Å². The Bertz CT molecular complexity index is 1140. The number of hydrogen-bond donors (Lipinski definition) is 1. The summed E-state index contributed by atoms with van der Waals surface area (Å²) in [6, 6.07) is 18.9. The van der Waals surface area contributed by atoms with Crippen LogP contribution in [0.25, 0.3) is 5.69 Å². The van der Waals surface area contributed by atoms with Gasteiger partial charge in [0.05, 0.1) is 17.9 Å². The molecule has 1 atom stereocenters. The highest BCUT2D eigenvalue weighted by Crippen LogP contribution is 2.19. The minimum atomic E-state index is -0.131. The van der Waals surface area contributed by atoms with Gasteiger partial charge in [-0.3, -0.25) is 9.78 Å². The highest BCUT2D eigenvalue weighted by Gasteiger charge is 2.12. The molecule has 6 heteroatoms. The van der Waals surface area contributed by atoms with E-state index < -0.39 is 0 Å². The van der Waals surface area contributed by atoms with Crippen molar-refractivity contribution in [2.45, 2.75) is 26.5 Å². The Morgan fingerprint density at radius 3 is 2.48 bits per heavy atom. The van der Waals surface area contributed by atoms with Crippen LogP contribution in [0.5, 0.6) is 5.75 Å². The van der Waals surface area contributed by atoms with E-state index >= 15 is 0 Å². The first-order chi connectivity index (χ1) is 15.1. The van der Waals surface area contributed by atoms with Crippen LogP contribution in [0.2, 0.25) is 0 Å². The lowest BCUT2D eigenvalue weighted by atomic mass is 10.1. The molecule has 1 unspecified atom stereocenters. The Labute approximate surface area is 181 Å². The Hall–Kier alpha value is -3.93. The minimum Gasteiger partial charge on any atom is -0.489 e. The molecule has 31 heavy (non-hydrogen) atoms. The summed E-state index contributed by atoms with van der Waals surface area (Å²) in [6.45, 7) is 4.42. The van der Waals surface area contributed by atoms with Gasteiger partial charge in [0.15, 0.2) is 0 Å². The van der Waals surface area contributed by atoms with Crippen LogP contribution in [0.15, 0.2) is 85.5 Å². The summed E-state index contributed by atoms with van der Waals surface area (Å²) in [5.74, 6) is 0.656. The second-order valence-electron chi connectivity index (χ2n) is 7.42. The molecule has 2 aromatic heterocycles. The molecule has 156 valence electrons. The number of benzene rings is 2. The maximum atomic E-state index is 12.6. The number of ether oxygens (including phenoxy) is 1. The van der Waals surface area contributed by atoms with Crippen molar-refractivity contribution in [1.82, 2.24) is 20.1 Å². The maximum Gasteiger partial charge on any atom is 0.251 e. The van der Waals surface area contributed by atoms with E-state index in [1.165, 1.54) is 0 Å². The summed E-state index contributed by atoms with van der Waals surface area (Å²) in [4.78, 5) is 16.7. The van der Waals surface area contributed by atoms with Crippen LogP contribution < -0.4 is 10.1 Å². The molecule has 0 aliphatic heterocycles. The lowest BCUT2D eigenvalue weighted by Gasteiger charge is -2.15. The first-order valence-corrected chi connectivity index (χ1v) is 10.1. The van der Waals surface area contributed by atoms with E-state index in [0.717, 1.165) is 28.1 Å². The third-order valence-electron chi connectivity index (χ3n) is 4.96. The third-order valence-corrected chi connectivity index (χ3v) is 4.96. The highest BCUT2D eigenvalue weighted by atomic mass is 16.5. The van der Waals surface area contributed by atoms with Crippen LogP contribution in [-0.4, -0.2) is 20.7 Å². The maximum absolute atomic E-state index is 12.6. The summed E-state index contributed by atoms with van der Waals surface area (Å²) in [7, 11) is 0. The molecule has 0 spiro atoms. The van der Waals surface area contributed by atoms with Gasteiger partial charge >= 0.3 is 0 Å². The standard InChI is InChI=1S/C25H24N4O2/c1-18-14-27-29(16-18)23-9-5-22(6-10-23)25(30)28-19(2)21-7-11-24(12-8-21)31-17-20-4-3-13-26-15-20/h3-16,19H,17H2,1-2H3,(H,28,30). The topological polar surface area (TPSA) is 69.0 Å². The summed E-state index contributed by atoms with van der Waals surface area (Å²) in [5, 5.41) is 7.33. The smallest absolute Gasteiger partial charge is 0.251 e. The second-order valence-corrected chi connectivity index (χ2v) is 7.42. The van der Waals surface area contributed by atoms with Gasteiger partial charge in [-0.2, -0.15) is 5.10 Å². The monoisotopic (exact) mass is 412 g/mol. The molecule has 0 aliphatic rings. The fourth-order valence-electron chi connectivity index (χ4n) is 3.19. The predicted octanol–water partition coefficient (Wildman–Crippen LogP) is 4.65. The van der Waals surface area contributed by atoms with E-state index in [0.29, 0.717) is 12.2 Å². The molecule has 4 rings (SSSR count). The number of aromatic nitrogens is 3. The predicted molar refractivity (Wildman–Crippen MR) is 119 cm³/mol. The molecule has 0 radical (unpaired) electrons. The molecule has 0 bridgehead atoms. The van der Waals surface area contributed by atoms with Crippen molar-refractivity contribution < 1.29 is 9.53 Å². The van der Waals surface area contributed by atoms with Crippen LogP contribution >= 0.6 is 0 Å². The molecular formula is C25H24N4O2. The highest BCUT2D eigenvalue weighted by molar-refractivity contribution is 5.94.